The minimum absolute atomic E-state index is 0.241. The molecule has 1 aromatic rings. The van der Waals surface area contributed by atoms with Gasteiger partial charge in [-0.05, 0) is 19.1 Å². The summed E-state index contributed by atoms with van der Waals surface area (Å²) in [6.45, 7) is 3.02. The average molecular weight is 253 g/mol. The zero-order valence-corrected chi connectivity index (χ0v) is 11.8. The minimum atomic E-state index is -2.52. The second kappa shape index (κ2) is 4.78. The summed E-state index contributed by atoms with van der Waals surface area (Å²) in [5.74, 6) is 0. The molecule has 0 saturated carbocycles. The fourth-order valence-electron chi connectivity index (χ4n) is 2.12. The molecule has 0 spiro atoms. The van der Waals surface area contributed by atoms with E-state index >= 15 is 0 Å². The van der Waals surface area contributed by atoms with E-state index in [0.29, 0.717) is 0 Å². The molecule has 0 bridgehead atoms. The molecule has 5 heteroatoms. The maximum atomic E-state index is 5.49. The number of nitrogens with zero attached hydrogens (tertiary/aromatic N) is 1. The van der Waals surface area contributed by atoms with E-state index in [1.807, 2.05) is 0 Å². The predicted octanol–water partition coefficient (Wildman–Crippen LogP) is 1.60. The molecule has 1 unspecified atom stereocenters. The number of aryl methyl sites for hydroxylation is 1. The highest BCUT2D eigenvalue weighted by molar-refractivity contribution is 6.64. The zero-order valence-electron chi connectivity index (χ0n) is 10.8. The van der Waals surface area contributed by atoms with Crippen molar-refractivity contribution in [3.8, 4) is 0 Å². The molecule has 94 valence electrons. The van der Waals surface area contributed by atoms with Crippen LogP contribution in [0.1, 0.15) is 5.56 Å². The first kappa shape index (κ1) is 12.6. The van der Waals surface area contributed by atoms with Gasteiger partial charge >= 0.3 is 8.80 Å². The fraction of sp³-hybridized carbons (Fsp3) is 0.500. The fourth-order valence-corrected chi connectivity index (χ4v) is 4.39. The Labute approximate surface area is 103 Å². The molecule has 1 aliphatic rings. The molecule has 0 amide bonds. The lowest BCUT2D eigenvalue weighted by Gasteiger charge is -2.24. The van der Waals surface area contributed by atoms with Crippen molar-refractivity contribution in [3.63, 3.8) is 0 Å². The van der Waals surface area contributed by atoms with Gasteiger partial charge in [0.1, 0.15) is 5.67 Å². The molecule has 2 rings (SSSR count). The third-order valence-electron chi connectivity index (χ3n) is 3.24. The molecule has 0 aromatic heterocycles. The maximum Gasteiger partial charge on any atom is 0.525 e. The number of benzene rings is 1. The van der Waals surface area contributed by atoms with Gasteiger partial charge in [-0.3, -0.25) is 0 Å². The van der Waals surface area contributed by atoms with Gasteiger partial charge in [0.2, 0.25) is 0 Å². The van der Waals surface area contributed by atoms with Gasteiger partial charge in [-0.2, -0.15) is 0 Å². The number of hydrogen-bond donors (Lipinski definition) is 0. The van der Waals surface area contributed by atoms with Gasteiger partial charge in [0.25, 0.3) is 0 Å². The van der Waals surface area contributed by atoms with Crippen molar-refractivity contribution in [2.24, 2.45) is 0 Å². The Kier molecular flexibility index (Phi) is 3.53. The van der Waals surface area contributed by atoms with Crippen LogP contribution in [0, 0.1) is 6.92 Å². The van der Waals surface area contributed by atoms with Crippen LogP contribution in [0.2, 0.25) is 0 Å². The van der Waals surface area contributed by atoms with Crippen LogP contribution in [0.5, 0.6) is 0 Å². The van der Waals surface area contributed by atoms with E-state index < -0.39 is 8.80 Å². The molecular formula is C12H19NO3Si. The molecule has 1 heterocycles. The quantitative estimate of drug-likeness (QED) is 0.589. The van der Waals surface area contributed by atoms with Crippen LogP contribution in [0.3, 0.4) is 0 Å². The lowest BCUT2D eigenvalue weighted by molar-refractivity contribution is 0.123. The van der Waals surface area contributed by atoms with Crippen LogP contribution in [-0.4, -0.2) is 42.3 Å². The van der Waals surface area contributed by atoms with Crippen LogP contribution < -0.4 is 4.90 Å². The van der Waals surface area contributed by atoms with Crippen LogP contribution >= 0.6 is 0 Å². The van der Waals surface area contributed by atoms with Gasteiger partial charge in [-0.25, -0.2) is 0 Å². The Balaban J connectivity index is 2.11. The zero-order chi connectivity index (χ0) is 12.5. The first-order valence-electron chi connectivity index (χ1n) is 5.65. The normalized spacial score (nSPS) is 19.5. The second-order valence-electron chi connectivity index (χ2n) is 4.22. The predicted molar refractivity (Wildman–Crippen MR) is 69.1 cm³/mol. The summed E-state index contributed by atoms with van der Waals surface area (Å²) in [5, 5.41) is 0. The van der Waals surface area contributed by atoms with Crippen molar-refractivity contribution >= 4 is 14.5 Å². The molecule has 17 heavy (non-hydrogen) atoms. The van der Waals surface area contributed by atoms with E-state index in [-0.39, 0.29) is 5.67 Å². The van der Waals surface area contributed by atoms with Crippen molar-refractivity contribution in [3.05, 3.63) is 29.8 Å². The maximum absolute atomic E-state index is 5.49. The molecular weight excluding hydrogens is 234 g/mol. The largest absolute Gasteiger partial charge is 0.525 e. The van der Waals surface area contributed by atoms with E-state index in [9.17, 15) is 0 Å². The summed E-state index contributed by atoms with van der Waals surface area (Å²) in [7, 11) is 2.46. The molecule has 1 saturated heterocycles. The van der Waals surface area contributed by atoms with E-state index in [4.69, 9.17) is 13.3 Å². The molecule has 4 nitrogen and oxygen atoms in total. The van der Waals surface area contributed by atoms with Crippen molar-refractivity contribution in [1.29, 1.82) is 0 Å². The monoisotopic (exact) mass is 253 g/mol. The number of hydrogen-bond acceptors (Lipinski definition) is 4. The third-order valence-corrected chi connectivity index (χ3v) is 6.26. The average Bonchev–Trinajstić information content (AvgIpc) is 3.14. The summed E-state index contributed by atoms with van der Waals surface area (Å²) in [6.07, 6.45) is 0. The van der Waals surface area contributed by atoms with Gasteiger partial charge in [-0.15, -0.1) is 0 Å². The van der Waals surface area contributed by atoms with Gasteiger partial charge in [0.05, 0.1) is 0 Å². The molecule has 1 atom stereocenters. The van der Waals surface area contributed by atoms with Gasteiger partial charge in [0.15, 0.2) is 0 Å². The third kappa shape index (κ3) is 2.23. The molecule has 1 fully saturated rings. The summed E-state index contributed by atoms with van der Waals surface area (Å²) in [5.41, 5.74) is 2.70. The van der Waals surface area contributed by atoms with E-state index in [0.717, 1.165) is 6.54 Å². The summed E-state index contributed by atoms with van der Waals surface area (Å²) >= 11 is 0. The van der Waals surface area contributed by atoms with Gasteiger partial charge in [-0.1, -0.05) is 17.7 Å². The van der Waals surface area contributed by atoms with E-state index in [1.165, 1.54) is 11.3 Å². The minimum Gasteiger partial charge on any atom is -0.376 e. The van der Waals surface area contributed by atoms with Gasteiger partial charge in [0, 0.05) is 33.6 Å². The highest BCUT2D eigenvalue weighted by Crippen LogP contribution is 2.34. The summed E-state index contributed by atoms with van der Waals surface area (Å²) < 4.78 is 16.5. The van der Waals surface area contributed by atoms with Crippen molar-refractivity contribution in [2.45, 2.75) is 12.6 Å². The highest BCUT2D eigenvalue weighted by atomic mass is 28.4. The van der Waals surface area contributed by atoms with Crippen molar-refractivity contribution in [1.82, 2.24) is 0 Å². The Morgan fingerprint density at radius 2 is 1.59 bits per heavy atom. The van der Waals surface area contributed by atoms with Crippen LogP contribution in [0.15, 0.2) is 24.3 Å². The Hall–Kier alpha value is -0.883. The first-order chi connectivity index (χ1) is 8.16. The molecule has 1 aromatic carbocycles. The smallest absolute Gasteiger partial charge is 0.376 e. The second-order valence-corrected chi connectivity index (χ2v) is 7.32. The van der Waals surface area contributed by atoms with E-state index in [1.54, 1.807) is 21.3 Å². The number of rotatable bonds is 5. The topological polar surface area (TPSA) is 30.7 Å². The van der Waals surface area contributed by atoms with Crippen molar-refractivity contribution < 1.29 is 13.3 Å². The SMILES string of the molecule is CO[Si](OC)(OC)C1CN1c1ccc(C)cc1. The summed E-state index contributed by atoms with van der Waals surface area (Å²) in [6, 6.07) is 8.46. The number of anilines is 1. The lowest BCUT2D eigenvalue weighted by atomic mass is 10.2. The van der Waals surface area contributed by atoms with Gasteiger partial charge < -0.3 is 18.2 Å². The summed E-state index contributed by atoms with van der Waals surface area (Å²) in [4.78, 5) is 2.25. The lowest BCUT2D eigenvalue weighted by Crippen LogP contribution is -2.50. The highest BCUT2D eigenvalue weighted by Gasteiger charge is 2.59. The molecule has 0 aliphatic carbocycles. The van der Waals surface area contributed by atoms with Crippen LogP contribution in [0.25, 0.3) is 0 Å². The first-order valence-corrected chi connectivity index (χ1v) is 7.46. The van der Waals surface area contributed by atoms with Crippen molar-refractivity contribution in [2.75, 3.05) is 32.8 Å². The molecule has 1 aliphatic heterocycles. The Morgan fingerprint density at radius 1 is 1.06 bits per heavy atom. The van der Waals surface area contributed by atoms with E-state index in [2.05, 4.69) is 36.1 Å². The standard InChI is InChI=1S/C12H19NO3Si/c1-10-5-7-11(8-6-10)13-9-12(13)17(14-2,15-3)16-4/h5-8,12H,9H2,1-4H3. The van der Waals surface area contributed by atoms with Crippen LogP contribution in [-0.2, 0) is 13.3 Å². The Morgan fingerprint density at radius 3 is 2.06 bits per heavy atom. The Bertz CT molecular complexity index is 370. The molecule has 0 N–H and O–H groups in total. The van der Waals surface area contributed by atoms with Crippen LogP contribution in [0.4, 0.5) is 5.69 Å². The molecule has 0 radical (unpaired) electrons.